The Bertz CT molecular complexity index is 579. The van der Waals surface area contributed by atoms with Crippen LogP contribution < -0.4 is 4.48 Å². The number of benzene rings is 2. The van der Waals surface area contributed by atoms with Crippen LogP contribution in [0.2, 0.25) is 0 Å². The van der Waals surface area contributed by atoms with Crippen molar-refractivity contribution in [3.8, 4) is 0 Å². The molecule has 1 unspecified atom stereocenters. The van der Waals surface area contributed by atoms with E-state index in [9.17, 15) is 0 Å². The van der Waals surface area contributed by atoms with Crippen molar-refractivity contribution in [1.29, 1.82) is 0 Å². The fraction of sp³-hybridized carbons (Fsp3) is 0.158. The van der Waals surface area contributed by atoms with Crippen molar-refractivity contribution >= 4 is 11.8 Å². The molecule has 0 amide bonds. The summed E-state index contributed by atoms with van der Waals surface area (Å²) in [6.45, 7) is 7.83. The van der Waals surface area contributed by atoms with Gasteiger partial charge in [0.25, 0.3) is 0 Å². The molecule has 0 aromatic heterocycles. The van der Waals surface area contributed by atoms with Crippen LogP contribution in [0.25, 0.3) is 6.08 Å². The lowest BCUT2D eigenvalue weighted by Crippen LogP contribution is -2.43. The average molecular weight is 264 g/mol. The standard InChI is InChI=1S/C19H22N/c1-5-16-12-14-18(15-13-16)20(3,4)19(6-2)17-10-8-7-9-11-17/h5-15,19H,1-2H2,3-4H3/q+1. The van der Waals surface area contributed by atoms with Gasteiger partial charge in [0, 0.05) is 5.56 Å². The third-order valence-electron chi connectivity index (χ3n) is 3.85. The molecule has 0 fully saturated rings. The summed E-state index contributed by atoms with van der Waals surface area (Å²) in [5, 5.41) is 0. The van der Waals surface area contributed by atoms with E-state index in [1.54, 1.807) is 0 Å². The second-order valence-corrected chi connectivity index (χ2v) is 5.43. The average Bonchev–Trinajstić information content (AvgIpc) is 2.49. The molecule has 1 heteroatoms. The lowest BCUT2D eigenvalue weighted by molar-refractivity contribution is 0.344. The molecule has 102 valence electrons. The second-order valence-electron chi connectivity index (χ2n) is 5.43. The first-order valence-corrected chi connectivity index (χ1v) is 6.84. The second kappa shape index (κ2) is 5.89. The SMILES string of the molecule is C=Cc1ccc([N+](C)(C)C(C=C)c2ccccc2)cc1. The number of hydrogen-bond acceptors (Lipinski definition) is 0. The van der Waals surface area contributed by atoms with Gasteiger partial charge < -0.3 is 0 Å². The maximum Gasteiger partial charge on any atom is 0.137 e. The highest BCUT2D eigenvalue weighted by Crippen LogP contribution is 2.32. The van der Waals surface area contributed by atoms with Crippen LogP contribution >= 0.6 is 0 Å². The van der Waals surface area contributed by atoms with E-state index >= 15 is 0 Å². The van der Waals surface area contributed by atoms with E-state index in [4.69, 9.17) is 0 Å². The quantitative estimate of drug-likeness (QED) is 0.536. The fourth-order valence-corrected chi connectivity index (χ4v) is 2.58. The highest BCUT2D eigenvalue weighted by atomic mass is 15.3. The van der Waals surface area contributed by atoms with E-state index in [-0.39, 0.29) is 6.04 Å². The lowest BCUT2D eigenvalue weighted by Gasteiger charge is -2.36. The van der Waals surface area contributed by atoms with Crippen LogP contribution in [-0.2, 0) is 0 Å². The Labute approximate surface area is 122 Å². The molecule has 0 bridgehead atoms. The lowest BCUT2D eigenvalue weighted by atomic mass is 10.0. The maximum absolute atomic E-state index is 4.03. The summed E-state index contributed by atoms with van der Waals surface area (Å²) in [6, 6.07) is 19.3. The van der Waals surface area contributed by atoms with Crippen LogP contribution in [0.5, 0.6) is 0 Å². The van der Waals surface area contributed by atoms with E-state index in [1.165, 1.54) is 11.3 Å². The Balaban J connectivity index is 2.40. The third kappa shape index (κ3) is 2.73. The van der Waals surface area contributed by atoms with E-state index in [1.807, 2.05) is 18.2 Å². The molecule has 2 aromatic rings. The number of hydrogen-bond donors (Lipinski definition) is 0. The summed E-state index contributed by atoms with van der Waals surface area (Å²) >= 11 is 0. The third-order valence-corrected chi connectivity index (χ3v) is 3.85. The fourth-order valence-electron chi connectivity index (χ4n) is 2.58. The molecular weight excluding hydrogens is 242 g/mol. The van der Waals surface area contributed by atoms with Crippen molar-refractivity contribution in [2.24, 2.45) is 0 Å². The van der Waals surface area contributed by atoms with Crippen LogP contribution in [0.4, 0.5) is 5.69 Å². The molecule has 2 rings (SSSR count). The zero-order chi connectivity index (χ0) is 14.6. The summed E-state index contributed by atoms with van der Waals surface area (Å²) in [7, 11) is 4.42. The Morgan fingerprint density at radius 3 is 2.00 bits per heavy atom. The van der Waals surface area contributed by atoms with Crippen molar-refractivity contribution in [2.45, 2.75) is 6.04 Å². The van der Waals surface area contributed by atoms with Crippen molar-refractivity contribution in [1.82, 2.24) is 4.48 Å². The monoisotopic (exact) mass is 264 g/mol. The largest absolute Gasteiger partial charge is 0.287 e. The highest BCUT2D eigenvalue weighted by Gasteiger charge is 2.29. The van der Waals surface area contributed by atoms with Crippen LogP contribution in [0.15, 0.2) is 73.8 Å². The van der Waals surface area contributed by atoms with Gasteiger partial charge in [-0.2, -0.15) is 0 Å². The van der Waals surface area contributed by atoms with Gasteiger partial charge in [-0.15, -0.1) is 0 Å². The molecule has 20 heavy (non-hydrogen) atoms. The molecule has 0 radical (unpaired) electrons. The maximum atomic E-state index is 4.03. The zero-order valence-corrected chi connectivity index (χ0v) is 12.3. The van der Waals surface area contributed by atoms with Crippen LogP contribution in [0.1, 0.15) is 17.2 Å². The zero-order valence-electron chi connectivity index (χ0n) is 12.3. The van der Waals surface area contributed by atoms with Gasteiger partial charge in [0.1, 0.15) is 11.7 Å². The highest BCUT2D eigenvalue weighted by molar-refractivity contribution is 5.54. The molecule has 2 aromatic carbocycles. The van der Waals surface area contributed by atoms with E-state index < -0.39 is 0 Å². The van der Waals surface area contributed by atoms with Gasteiger partial charge in [0.05, 0.1) is 14.1 Å². The summed E-state index contributed by atoms with van der Waals surface area (Å²) in [4.78, 5) is 0. The Kier molecular flexibility index (Phi) is 4.21. The van der Waals surface area contributed by atoms with Crippen molar-refractivity contribution < 1.29 is 0 Å². The summed E-state index contributed by atoms with van der Waals surface area (Å²) < 4.78 is 0.741. The predicted molar refractivity (Wildman–Crippen MR) is 89.6 cm³/mol. The van der Waals surface area contributed by atoms with Crippen molar-refractivity contribution in [3.63, 3.8) is 0 Å². The molecule has 1 atom stereocenters. The first-order chi connectivity index (χ1) is 9.59. The Morgan fingerprint density at radius 2 is 1.50 bits per heavy atom. The molecule has 0 N–H and O–H groups in total. The Hall–Kier alpha value is -2.12. The van der Waals surface area contributed by atoms with E-state index in [0.29, 0.717) is 0 Å². The molecular formula is C19H22N+. The molecule has 0 saturated carbocycles. The van der Waals surface area contributed by atoms with Crippen molar-refractivity contribution in [3.05, 3.63) is 85.0 Å². The molecule has 0 aliphatic carbocycles. The minimum absolute atomic E-state index is 0.228. The number of rotatable bonds is 5. The predicted octanol–water partition coefficient (Wildman–Crippen LogP) is 4.82. The van der Waals surface area contributed by atoms with E-state index in [0.717, 1.165) is 10.0 Å². The summed E-state index contributed by atoms with van der Waals surface area (Å²) in [5.74, 6) is 0. The van der Waals surface area contributed by atoms with Gasteiger partial charge in [0.2, 0.25) is 0 Å². The number of likely N-dealkylation sites (N-methyl/N-ethyl adjacent to an activating group) is 1. The van der Waals surface area contributed by atoms with Crippen LogP contribution in [0, 0.1) is 0 Å². The minimum Gasteiger partial charge on any atom is -0.287 e. The van der Waals surface area contributed by atoms with Crippen molar-refractivity contribution in [2.75, 3.05) is 14.1 Å². The van der Waals surface area contributed by atoms with Gasteiger partial charge in [0.15, 0.2) is 0 Å². The number of nitrogens with zero attached hydrogens (tertiary/aromatic N) is 1. The van der Waals surface area contributed by atoms with Crippen LogP contribution in [0.3, 0.4) is 0 Å². The van der Waals surface area contributed by atoms with Gasteiger partial charge in [-0.05, 0) is 35.9 Å². The van der Waals surface area contributed by atoms with Crippen LogP contribution in [-0.4, -0.2) is 14.1 Å². The Morgan fingerprint density at radius 1 is 0.900 bits per heavy atom. The molecule has 0 aliphatic rings. The smallest absolute Gasteiger partial charge is 0.137 e. The number of quaternary nitrogens is 1. The first kappa shape index (κ1) is 14.3. The molecule has 0 heterocycles. The first-order valence-electron chi connectivity index (χ1n) is 6.84. The summed E-state index contributed by atoms with van der Waals surface area (Å²) in [5.41, 5.74) is 3.67. The molecule has 1 nitrogen and oxygen atoms in total. The van der Waals surface area contributed by atoms with E-state index in [2.05, 4.69) is 75.8 Å². The molecule has 0 spiro atoms. The topological polar surface area (TPSA) is 0 Å². The molecule has 0 aliphatic heterocycles. The van der Waals surface area contributed by atoms with Gasteiger partial charge in [-0.25, -0.2) is 0 Å². The minimum atomic E-state index is 0.228. The van der Waals surface area contributed by atoms with Gasteiger partial charge >= 0.3 is 0 Å². The summed E-state index contributed by atoms with van der Waals surface area (Å²) in [6.07, 6.45) is 3.89. The van der Waals surface area contributed by atoms with Gasteiger partial charge in [-0.1, -0.05) is 49.6 Å². The molecule has 0 saturated heterocycles. The van der Waals surface area contributed by atoms with Gasteiger partial charge in [-0.3, -0.25) is 4.48 Å². The normalized spacial score (nSPS) is 12.7.